The number of aromatic nitrogens is 1. The Morgan fingerprint density at radius 3 is 2.57 bits per heavy atom. The third-order valence-electron chi connectivity index (χ3n) is 4.33. The summed E-state index contributed by atoms with van der Waals surface area (Å²) in [6, 6.07) is 16.1. The minimum absolute atomic E-state index is 0.244. The molecule has 1 aromatic heterocycles. The van der Waals surface area contributed by atoms with Gasteiger partial charge >= 0.3 is 0 Å². The highest BCUT2D eigenvalue weighted by atomic mass is 16.5. The maximum atomic E-state index is 13.0. The van der Waals surface area contributed by atoms with Crippen LogP contribution in [0.4, 0.5) is 11.5 Å². The van der Waals surface area contributed by atoms with Crippen LogP contribution in [0.25, 0.3) is 0 Å². The van der Waals surface area contributed by atoms with Gasteiger partial charge in [-0.25, -0.2) is 0 Å². The quantitative estimate of drug-likeness (QED) is 0.698. The van der Waals surface area contributed by atoms with Crippen molar-refractivity contribution in [2.24, 2.45) is 0 Å². The highest BCUT2D eigenvalue weighted by molar-refractivity contribution is 5.96. The first-order valence-corrected chi connectivity index (χ1v) is 9.14. The van der Waals surface area contributed by atoms with Crippen molar-refractivity contribution < 1.29 is 18.8 Å². The molecule has 3 aromatic rings. The summed E-state index contributed by atoms with van der Waals surface area (Å²) in [5.41, 5.74) is 1.58. The van der Waals surface area contributed by atoms with E-state index in [1.54, 1.807) is 13.0 Å². The monoisotopic (exact) mass is 379 g/mol. The van der Waals surface area contributed by atoms with E-state index in [2.05, 4.69) is 15.8 Å². The van der Waals surface area contributed by atoms with Crippen LogP contribution in [-0.2, 0) is 4.79 Å². The lowest BCUT2D eigenvalue weighted by Gasteiger charge is -2.20. The van der Waals surface area contributed by atoms with E-state index in [4.69, 9.17) is 14.0 Å². The molecule has 0 saturated heterocycles. The predicted molar refractivity (Wildman–Crippen MR) is 105 cm³/mol. The third kappa shape index (κ3) is 4.09. The second-order valence-electron chi connectivity index (χ2n) is 6.51. The Balaban J connectivity index is 1.59. The predicted octanol–water partition coefficient (Wildman–Crippen LogP) is 3.94. The lowest BCUT2D eigenvalue weighted by Crippen LogP contribution is -2.27. The molecule has 2 N–H and O–H groups in total. The lowest BCUT2D eigenvalue weighted by atomic mass is 10.1. The lowest BCUT2D eigenvalue weighted by molar-refractivity contribution is -0.117. The molecule has 0 bridgehead atoms. The molecule has 1 aliphatic rings. The van der Waals surface area contributed by atoms with Gasteiger partial charge in [0.1, 0.15) is 11.8 Å². The van der Waals surface area contributed by atoms with Crippen LogP contribution in [0.1, 0.15) is 23.8 Å². The Morgan fingerprint density at radius 2 is 1.82 bits per heavy atom. The van der Waals surface area contributed by atoms with Gasteiger partial charge in [-0.1, -0.05) is 35.5 Å². The van der Waals surface area contributed by atoms with Gasteiger partial charge < -0.3 is 24.6 Å². The number of nitrogens with zero attached hydrogens (tertiary/aromatic N) is 1. The average Bonchev–Trinajstić information content (AvgIpc) is 2.98. The van der Waals surface area contributed by atoms with Crippen molar-refractivity contribution in [3.8, 4) is 11.5 Å². The number of nitrogens with one attached hydrogen (secondary N) is 2. The summed E-state index contributed by atoms with van der Waals surface area (Å²) in [6.45, 7) is 3.00. The Labute approximate surface area is 162 Å². The highest BCUT2D eigenvalue weighted by Crippen LogP contribution is 2.33. The van der Waals surface area contributed by atoms with Gasteiger partial charge in [-0.05, 0) is 24.6 Å². The van der Waals surface area contributed by atoms with Gasteiger partial charge in [-0.3, -0.25) is 4.79 Å². The van der Waals surface area contributed by atoms with E-state index < -0.39 is 6.04 Å². The summed E-state index contributed by atoms with van der Waals surface area (Å²) in [7, 11) is 0. The van der Waals surface area contributed by atoms with Crippen LogP contribution in [0.3, 0.4) is 0 Å². The van der Waals surface area contributed by atoms with Crippen LogP contribution in [0.15, 0.2) is 59.1 Å². The maximum Gasteiger partial charge on any atom is 0.252 e. The molecular formula is C21H21N3O4. The fourth-order valence-corrected chi connectivity index (χ4v) is 2.99. The smallest absolute Gasteiger partial charge is 0.252 e. The second kappa shape index (κ2) is 8.04. The van der Waals surface area contributed by atoms with Gasteiger partial charge in [-0.2, -0.15) is 0 Å². The molecule has 7 nitrogen and oxygen atoms in total. The number of fused-ring (bicyclic) bond motifs is 1. The number of carbonyl (C=O) groups excluding carboxylic acids is 1. The van der Waals surface area contributed by atoms with Crippen LogP contribution >= 0.6 is 0 Å². The molecule has 4 rings (SSSR count). The number of amides is 1. The summed E-state index contributed by atoms with van der Waals surface area (Å²) in [5.74, 6) is 2.14. The zero-order valence-corrected chi connectivity index (χ0v) is 15.5. The maximum absolute atomic E-state index is 13.0. The third-order valence-corrected chi connectivity index (χ3v) is 4.33. The molecule has 0 fully saturated rings. The Morgan fingerprint density at radius 1 is 1.04 bits per heavy atom. The number of benzene rings is 2. The molecule has 1 atom stereocenters. The van der Waals surface area contributed by atoms with Crippen molar-refractivity contribution >= 4 is 17.4 Å². The molecule has 28 heavy (non-hydrogen) atoms. The average molecular weight is 379 g/mol. The van der Waals surface area contributed by atoms with E-state index in [1.807, 2.05) is 48.5 Å². The van der Waals surface area contributed by atoms with Gasteiger partial charge in [0.05, 0.1) is 13.2 Å². The molecule has 0 aliphatic carbocycles. The molecule has 2 heterocycles. The first-order chi connectivity index (χ1) is 13.7. The minimum Gasteiger partial charge on any atom is -0.490 e. The van der Waals surface area contributed by atoms with Gasteiger partial charge in [0.15, 0.2) is 17.3 Å². The van der Waals surface area contributed by atoms with Crippen molar-refractivity contribution in [3.63, 3.8) is 0 Å². The van der Waals surface area contributed by atoms with Crippen molar-refractivity contribution in [1.29, 1.82) is 0 Å². The first-order valence-electron chi connectivity index (χ1n) is 9.14. The van der Waals surface area contributed by atoms with E-state index in [9.17, 15) is 4.79 Å². The zero-order chi connectivity index (χ0) is 19.3. The zero-order valence-electron chi connectivity index (χ0n) is 15.5. The van der Waals surface area contributed by atoms with Gasteiger partial charge in [0.2, 0.25) is 0 Å². The number of hydrogen-bond donors (Lipinski definition) is 2. The van der Waals surface area contributed by atoms with Crippen LogP contribution in [0.2, 0.25) is 0 Å². The molecule has 1 aliphatic heterocycles. The van der Waals surface area contributed by atoms with Gasteiger partial charge in [0, 0.05) is 24.2 Å². The standard InChI is InChI=1S/C21H21N3O4/c1-14-12-19(24-28-14)23-21(25)20(15-6-3-2-4-7-15)22-16-8-9-17-18(13-16)27-11-5-10-26-17/h2-4,6-9,12-13,20,22H,5,10-11H2,1H3,(H,23,24,25)/t20-/m1/s1. The van der Waals surface area contributed by atoms with E-state index in [1.165, 1.54) is 0 Å². The van der Waals surface area contributed by atoms with E-state index in [0.717, 1.165) is 17.7 Å². The molecule has 0 unspecified atom stereocenters. The van der Waals surface area contributed by atoms with E-state index in [0.29, 0.717) is 36.3 Å². The summed E-state index contributed by atoms with van der Waals surface area (Å²) < 4.78 is 16.4. The second-order valence-corrected chi connectivity index (χ2v) is 6.51. The van der Waals surface area contributed by atoms with Crippen LogP contribution in [0.5, 0.6) is 11.5 Å². The molecule has 2 aromatic carbocycles. The highest BCUT2D eigenvalue weighted by Gasteiger charge is 2.22. The number of hydrogen-bond acceptors (Lipinski definition) is 6. The summed E-state index contributed by atoms with van der Waals surface area (Å²) in [4.78, 5) is 13.0. The molecule has 144 valence electrons. The molecule has 7 heteroatoms. The van der Waals surface area contributed by atoms with Crippen LogP contribution in [-0.4, -0.2) is 24.3 Å². The Hall–Kier alpha value is -3.48. The summed E-state index contributed by atoms with van der Waals surface area (Å²) >= 11 is 0. The number of rotatable bonds is 5. The van der Waals surface area contributed by atoms with Crippen molar-refractivity contribution in [2.75, 3.05) is 23.8 Å². The van der Waals surface area contributed by atoms with Crippen molar-refractivity contribution in [1.82, 2.24) is 5.16 Å². The van der Waals surface area contributed by atoms with Crippen molar-refractivity contribution in [2.45, 2.75) is 19.4 Å². The molecule has 0 radical (unpaired) electrons. The summed E-state index contributed by atoms with van der Waals surface area (Å²) in [5, 5.41) is 9.91. The largest absolute Gasteiger partial charge is 0.490 e. The molecular weight excluding hydrogens is 358 g/mol. The number of ether oxygens (including phenoxy) is 2. The van der Waals surface area contributed by atoms with E-state index >= 15 is 0 Å². The SMILES string of the molecule is Cc1cc(NC(=O)[C@H](Nc2ccc3c(c2)OCCCO3)c2ccccc2)no1. The van der Waals surface area contributed by atoms with E-state index in [-0.39, 0.29) is 5.91 Å². The minimum atomic E-state index is -0.622. The van der Waals surface area contributed by atoms with Crippen LogP contribution < -0.4 is 20.1 Å². The molecule has 0 saturated carbocycles. The number of carbonyl (C=O) groups is 1. The van der Waals surface area contributed by atoms with Crippen molar-refractivity contribution in [3.05, 3.63) is 65.9 Å². The summed E-state index contributed by atoms with van der Waals surface area (Å²) in [6.07, 6.45) is 0.837. The Kier molecular flexibility index (Phi) is 5.14. The fourth-order valence-electron chi connectivity index (χ4n) is 2.99. The molecule has 0 spiro atoms. The van der Waals surface area contributed by atoms with Gasteiger partial charge in [0.25, 0.3) is 5.91 Å². The van der Waals surface area contributed by atoms with Crippen LogP contribution in [0, 0.1) is 6.92 Å². The normalized spacial score (nSPS) is 14.0. The number of aryl methyl sites for hydroxylation is 1. The first kappa shape index (κ1) is 17.9. The number of anilines is 2. The van der Waals surface area contributed by atoms with Gasteiger partial charge in [-0.15, -0.1) is 0 Å². The Bertz CT molecular complexity index is 955. The topological polar surface area (TPSA) is 85.6 Å². The molecule has 1 amide bonds. The fraction of sp³-hybridized carbons (Fsp3) is 0.238.